The quantitative estimate of drug-likeness (QED) is 0.536. The van der Waals surface area contributed by atoms with E-state index in [1.54, 1.807) is 0 Å². The molecule has 3 saturated carbocycles. The molecule has 1 aromatic rings. The number of unbranched alkanes of at least 4 members (excludes halogenated alkanes) is 1. The van der Waals surface area contributed by atoms with Gasteiger partial charge in [0.25, 0.3) is 0 Å². The third-order valence-corrected chi connectivity index (χ3v) is 9.29. The summed E-state index contributed by atoms with van der Waals surface area (Å²) in [5, 5.41) is 17.4. The van der Waals surface area contributed by atoms with Crippen molar-refractivity contribution in [3.63, 3.8) is 0 Å². The highest BCUT2D eigenvalue weighted by Gasteiger charge is 2.54. The van der Waals surface area contributed by atoms with Gasteiger partial charge in [-0.2, -0.15) is 4.98 Å². The maximum Gasteiger partial charge on any atom is 0.335 e. The summed E-state index contributed by atoms with van der Waals surface area (Å²) in [7, 11) is 0. The van der Waals surface area contributed by atoms with E-state index >= 15 is 0 Å². The summed E-state index contributed by atoms with van der Waals surface area (Å²) in [4.78, 5) is 17.2. The minimum absolute atomic E-state index is 0.0772. The van der Waals surface area contributed by atoms with Gasteiger partial charge in [0.15, 0.2) is 12.4 Å². The standard InChI is InChI=1S/C26H43N3O3/c1-4-5-12-25(2,31)15-18-9-10-20-19(14-18)11-13-26(3)21(20)7-6-8-22(26)23(30)16-32-24-27-17-28-29-24/h17-22,31H,4-16H2,1-3H3,(H,27,28,29)/t18-,19-,20-,21+,22-,25-,26+/m1/s1. The maximum atomic E-state index is 13.2. The number of hydrogen-bond acceptors (Lipinski definition) is 5. The van der Waals surface area contributed by atoms with E-state index in [1.165, 1.54) is 38.4 Å². The number of aliphatic hydroxyl groups is 1. The van der Waals surface area contributed by atoms with Gasteiger partial charge in [0.1, 0.15) is 6.33 Å². The minimum Gasteiger partial charge on any atom is -0.454 e. The molecule has 2 N–H and O–H groups in total. The molecule has 0 radical (unpaired) electrons. The van der Waals surface area contributed by atoms with Crippen molar-refractivity contribution in [3.8, 4) is 6.01 Å². The zero-order chi connectivity index (χ0) is 22.8. The number of ether oxygens (including phenoxy) is 1. The summed E-state index contributed by atoms with van der Waals surface area (Å²) in [6.07, 6.45) is 15.2. The van der Waals surface area contributed by atoms with Crippen LogP contribution in [0.1, 0.15) is 97.8 Å². The number of ketones is 1. The Labute approximate surface area is 193 Å². The van der Waals surface area contributed by atoms with Crippen molar-refractivity contribution in [1.82, 2.24) is 15.2 Å². The number of aromatic nitrogens is 3. The number of fused-ring (bicyclic) bond motifs is 3. The summed E-state index contributed by atoms with van der Waals surface area (Å²) < 4.78 is 5.55. The van der Waals surface area contributed by atoms with Crippen molar-refractivity contribution in [1.29, 1.82) is 0 Å². The lowest BCUT2D eigenvalue weighted by atomic mass is 9.47. The van der Waals surface area contributed by atoms with Crippen molar-refractivity contribution in [3.05, 3.63) is 6.33 Å². The Morgan fingerprint density at radius 1 is 1.31 bits per heavy atom. The third kappa shape index (κ3) is 5.05. The van der Waals surface area contributed by atoms with Crippen molar-refractivity contribution in [2.45, 2.75) is 103 Å². The van der Waals surface area contributed by atoms with Gasteiger partial charge in [-0.1, -0.05) is 39.5 Å². The van der Waals surface area contributed by atoms with E-state index in [1.807, 2.05) is 6.92 Å². The van der Waals surface area contributed by atoms with Crippen LogP contribution in [0.5, 0.6) is 6.01 Å². The topological polar surface area (TPSA) is 88.1 Å². The fourth-order valence-corrected chi connectivity index (χ4v) is 7.76. The molecule has 0 amide bonds. The van der Waals surface area contributed by atoms with E-state index in [9.17, 15) is 9.90 Å². The first kappa shape index (κ1) is 23.7. The highest BCUT2D eigenvalue weighted by molar-refractivity contribution is 5.83. The number of nitrogens with one attached hydrogen (secondary N) is 1. The molecule has 32 heavy (non-hydrogen) atoms. The Morgan fingerprint density at radius 3 is 2.91 bits per heavy atom. The molecule has 0 aromatic carbocycles. The molecule has 0 spiro atoms. The molecule has 6 heteroatoms. The number of nitrogens with zero attached hydrogens (tertiary/aromatic N) is 2. The molecule has 180 valence electrons. The van der Waals surface area contributed by atoms with Crippen molar-refractivity contribution in [2.24, 2.45) is 35.0 Å². The zero-order valence-corrected chi connectivity index (χ0v) is 20.3. The zero-order valence-electron chi connectivity index (χ0n) is 20.3. The summed E-state index contributed by atoms with van der Waals surface area (Å²) >= 11 is 0. The Balaban J connectivity index is 1.37. The molecule has 1 aromatic heterocycles. The second-order valence-electron chi connectivity index (χ2n) is 11.6. The van der Waals surface area contributed by atoms with Gasteiger partial charge >= 0.3 is 6.01 Å². The van der Waals surface area contributed by atoms with E-state index < -0.39 is 5.60 Å². The second kappa shape index (κ2) is 9.82. The highest BCUT2D eigenvalue weighted by Crippen LogP contribution is 2.60. The van der Waals surface area contributed by atoms with Crippen LogP contribution in [-0.2, 0) is 4.79 Å². The van der Waals surface area contributed by atoms with E-state index in [-0.39, 0.29) is 29.7 Å². The van der Waals surface area contributed by atoms with Gasteiger partial charge in [0, 0.05) is 5.92 Å². The first-order valence-corrected chi connectivity index (χ1v) is 13.1. The first-order chi connectivity index (χ1) is 15.3. The number of H-pyrrole nitrogens is 1. The Hall–Kier alpha value is -1.43. The van der Waals surface area contributed by atoms with E-state index in [4.69, 9.17) is 4.74 Å². The lowest BCUT2D eigenvalue weighted by Gasteiger charge is -2.57. The van der Waals surface area contributed by atoms with Crippen LogP contribution in [0.2, 0.25) is 0 Å². The predicted molar refractivity (Wildman–Crippen MR) is 124 cm³/mol. The number of rotatable bonds is 9. The summed E-state index contributed by atoms with van der Waals surface area (Å²) in [6, 6.07) is 0.257. The summed E-state index contributed by atoms with van der Waals surface area (Å²) in [6.45, 7) is 6.71. The van der Waals surface area contributed by atoms with Crippen LogP contribution in [0, 0.1) is 35.0 Å². The van der Waals surface area contributed by atoms with Crippen LogP contribution in [0.4, 0.5) is 0 Å². The Kier molecular flexibility index (Phi) is 7.28. The largest absolute Gasteiger partial charge is 0.454 e. The summed E-state index contributed by atoms with van der Waals surface area (Å²) in [5.74, 6) is 3.13. The molecule has 7 atom stereocenters. The molecule has 3 fully saturated rings. The number of carbonyl (C=O) groups excluding carboxylic acids is 1. The molecule has 1 heterocycles. The SMILES string of the molecule is CCCC[C@@](C)(O)C[C@@H]1CC[C@@H]2[C@H](CC[C@]3(C)[C@@H](C(=O)COc4nc[nH]n4)CCC[C@@H]23)C1. The Morgan fingerprint density at radius 2 is 2.16 bits per heavy atom. The average Bonchev–Trinajstić information content (AvgIpc) is 3.29. The van der Waals surface area contributed by atoms with Gasteiger partial charge in [-0.05, 0) is 87.4 Å². The lowest BCUT2D eigenvalue weighted by molar-refractivity contribution is -0.142. The van der Waals surface area contributed by atoms with Gasteiger partial charge in [0.2, 0.25) is 0 Å². The smallest absolute Gasteiger partial charge is 0.335 e. The molecule has 0 unspecified atom stereocenters. The van der Waals surface area contributed by atoms with E-state index in [0.717, 1.165) is 56.8 Å². The maximum absolute atomic E-state index is 13.2. The molecule has 0 aliphatic heterocycles. The van der Waals surface area contributed by atoms with Gasteiger partial charge in [-0.3, -0.25) is 9.89 Å². The monoisotopic (exact) mass is 445 g/mol. The summed E-state index contributed by atoms with van der Waals surface area (Å²) in [5.41, 5.74) is -0.416. The molecule has 3 aliphatic carbocycles. The molecule has 0 saturated heterocycles. The Bertz CT molecular complexity index is 750. The molecular weight excluding hydrogens is 402 g/mol. The highest BCUT2D eigenvalue weighted by atomic mass is 16.5. The molecule has 6 nitrogen and oxygen atoms in total. The number of hydrogen-bond donors (Lipinski definition) is 2. The number of carbonyl (C=O) groups is 1. The molecule has 0 bridgehead atoms. The third-order valence-electron chi connectivity index (χ3n) is 9.29. The lowest BCUT2D eigenvalue weighted by Crippen LogP contribution is -2.52. The first-order valence-electron chi connectivity index (χ1n) is 13.1. The molecular formula is C26H43N3O3. The van der Waals surface area contributed by atoms with Gasteiger partial charge < -0.3 is 9.84 Å². The average molecular weight is 446 g/mol. The van der Waals surface area contributed by atoms with Crippen molar-refractivity contribution >= 4 is 5.78 Å². The van der Waals surface area contributed by atoms with E-state index in [0.29, 0.717) is 11.8 Å². The van der Waals surface area contributed by atoms with Crippen LogP contribution < -0.4 is 4.74 Å². The van der Waals surface area contributed by atoms with Crippen molar-refractivity contribution < 1.29 is 14.6 Å². The normalized spacial score (nSPS) is 36.6. The number of aromatic amines is 1. The van der Waals surface area contributed by atoms with Crippen LogP contribution >= 0.6 is 0 Å². The van der Waals surface area contributed by atoms with Crippen LogP contribution in [0.15, 0.2) is 6.33 Å². The van der Waals surface area contributed by atoms with Crippen LogP contribution in [0.25, 0.3) is 0 Å². The number of Topliss-reactive ketones (excluding diaryl/α,β-unsaturated/α-hetero) is 1. The fraction of sp³-hybridized carbons (Fsp3) is 0.885. The minimum atomic E-state index is -0.512. The van der Waals surface area contributed by atoms with E-state index in [2.05, 4.69) is 29.0 Å². The van der Waals surface area contributed by atoms with Crippen LogP contribution in [-0.4, -0.2) is 38.3 Å². The van der Waals surface area contributed by atoms with Gasteiger partial charge in [0.05, 0.1) is 5.60 Å². The van der Waals surface area contributed by atoms with Crippen LogP contribution in [0.3, 0.4) is 0 Å². The molecule has 3 aliphatic rings. The second-order valence-corrected chi connectivity index (χ2v) is 11.6. The fourth-order valence-electron chi connectivity index (χ4n) is 7.76. The van der Waals surface area contributed by atoms with Gasteiger partial charge in [-0.15, -0.1) is 5.10 Å². The van der Waals surface area contributed by atoms with Crippen molar-refractivity contribution in [2.75, 3.05) is 6.61 Å². The predicted octanol–water partition coefficient (Wildman–Crippen LogP) is 5.33. The van der Waals surface area contributed by atoms with Gasteiger partial charge in [-0.25, -0.2) is 0 Å². The molecule has 4 rings (SSSR count).